The Morgan fingerprint density at radius 3 is 2.69 bits per heavy atom. The van der Waals surface area contributed by atoms with Gasteiger partial charge in [0, 0.05) is 18.1 Å². The van der Waals surface area contributed by atoms with E-state index in [4.69, 9.17) is 16.3 Å². The van der Waals surface area contributed by atoms with E-state index in [2.05, 4.69) is 17.2 Å². The number of ketones is 1. The van der Waals surface area contributed by atoms with E-state index in [0.29, 0.717) is 41.8 Å². The molecule has 4 aliphatic rings. The van der Waals surface area contributed by atoms with E-state index in [1.54, 1.807) is 30.0 Å². The van der Waals surface area contributed by atoms with Crippen molar-refractivity contribution in [1.82, 2.24) is 15.0 Å². The molecule has 4 saturated carbocycles. The summed E-state index contributed by atoms with van der Waals surface area (Å²) in [4.78, 5) is 13.7. The highest BCUT2D eigenvalue weighted by molar-refractivity contribution is 6.31. The number of ether oxygens (including phenoxy) is 1. The quantitative estimate of drug-likeness (QED) is 0.463. The second-order valence-electron chi connectivity index (χ2n) is 13.1. The third kappa shape index (κ3) is 4.16. The lowest BCUT2D eigenvalue weighted by molar-refractivity contribution is -0.294. The average Bonchev–Trinajstić information content (AvgIpc) is 3.44. The molecule has 0 spiro atoms. The van der Waals surface area contributed by atoms with Gasteiger partial charge in [0.05, 0.1) is 12.1 Å². The Morgan fingerprint density at radius 1 is 1.15 bits per heavy atom. The minimum atomic E-state index is -4.62. The van der Waals surface area contributed by atoms with E-state index >= 15 is 0 Å². The lowest BCUT2D eigenvalue weighted by Gasteiger charge is -2.62. The number of aromatic nitrogens is 3. The van der Waals surface area contributed by atoms with Crippen molar-refractivity contribution in [3.63, 3.8) is 0 Å². The van der Waals surface area contributed by atoms with Crippen LogP contribution in [0.4, 0.5) is 13.2 Å². The van der Waals surface area contributed by atoms with Crippen LogP contribution in [0.3, 0.4) is 0 Å². The van der Waals surface area contributed by atoms with Gasteiger partial charge in [-0.05, 0) is 110 Å². The smallest absolute Gasteiger partial charge is 0.384 e. The maximum Gasteiger partial charge on any atom is 0.417 e. The number of rotatable bonds is 5. The molecule has 8 atom stereocenters. The zero-order valence-corrected chi connectivity index (χ0v) is 23.3. The van der Waals surface area contributed by atoms with Gasteiger partial charge in [-0.25, -0.2) is 4.68 Å². The number of benzene rings is 1. The molecule has 0 amide bonds. The molecule has 1 aromatic heterocycles. The minimum Gasteiger partial charge on any atom is -0.384 e. The highest BCUT2D eigenvalue weighted by Crippen LogP contribution is 2.69. The van der Waals surface area contributed by atoms with E-state index in [1.807, 2.05) is 0 Å². The molecule has 8 unspecified atom stereocenters. The van der Waals surface area contributed by atoms with Gasteiger partial charge >= 0.3 is 6.18 Å². The number of nitrogens with zero attached hydrogens (tertiary/aromatic N) is 3. The minimum absolute atomic E-state index is 0.0836. The first-order valence-electron chi connectivity index (χ1n) is 14.2. The largest absolute Gasteiger partial charge is 0.417 e. The molecule has 214 valence electrons. The lowest BCUT2D eigenvalue weighted by Crippen LogP contribution is -2.61. The first-order chi connectivity index (χ1) is 18.4. The van der Waals surface area contributed by atoms with Crippen LogP contribution in [0.15, 0.2) is 18.2 Å². The van der Waals surface area contributed by atoms with Gasteiger partial charge in [0.25, 0.3) is 0 Å². The van der Waals surface area contributed by atoms with Crippen LogP contribution in [0, 0.1) is 40.4 Å². The zero-order valence-electron chi connectivity index (χ0n) is 22.5. The number of halogens is 4. The Hall–Kier alpha value is -1.71. The number of Topliss-reactive ketones (excluding diaryl/α,β-unsaturated/α-hetero) is 1. The van der Waals surface area contributed by atoms with Crippen LogP contribution in [0.5, 0.6) is 0 Å². The Kier molecular flexibility index (Phi) is 6.63. The van der Waals surface area contributed by atoms with Crippen LogP contribution >= 0.6 is 11.6 Å². The molecule has 0 bridgehead atoms. The summed E-state index contributed by atoms with van der Waals surface area (Å²) in [5.41, 5.74) is -1.65. The first kappa shape index (κ1) is 27.5. The number of aliphatic hydroxyl groups is 1. The van der Waals surface area contributed by atoms with Gasteiger partial charge in [0.15, 0.2) is 11.4 Å². The monoisotopic (exact) mass is 567 g/mol. The molecule has 1 heterocycles. The van der Waals surface area contributed by atoms with Gasteiger partial charge in [-0.2, -0.15) is 13.2 Å². The third-order valence-electron chi connectivity index (χ3n) is 11.5. The normalized spacial score (nSPS) is 40.2. The van der Waals surface area contributed by atoms with Crippen molar-refractivity contribution in [3.8, 4) is 0 Å². The molecule has 0 radical (unpaired) electrons. The topological polar surface area (TPSA) is 77.2 Å². The number of fused-ring (bicyclic) bond motifs is 6. The van der Waals surface area contributed by atoms with Crippen LogP contribution < -0.4 is 0 Å². The fourth-order valence-corrected chi connectivity index (χ4v) is 9.86. The Balaban J connectivity index is 1.23. The molecular weight excluding hydrogens is 531 g/mol. The molecule has 10 heteroatoms. The van der Waals surface area contributed by atoms with Gasteiger partial charge in [-0.1, -0.05) is 23.7 Å². The number of carbonyl (C=O) groups excluding carboxylic acids is 1. The summed E-state index contributed by atoms with van der Waals surface area (Å²) in [6.07, 6.45) is 0.269. The molecule has 1 aromatic carbocycles. The second kappa shape index (κ2) is 9.41. The maximum absolute atomic E-state index is 13.8. The third-order valence-corrected chi connectivity index (χ3v) is 11.8. The van der Waals surface area contributed by atoms with Gasteiger partial charge in [0.1, 0.15) is 12.1 Å². The SMILES string of the molecule is COCC12CCC(O)(C(F)(F)F)CC1CCC1C3CCC(C(=O)Cn4nnc5ccc(Cl)cc54)C3(C)CCC12. The molecule has 1 N–H and O–H groups in total. The average molecular weight is 568 g/mol. The van der Waals surface area contributed by atoms with Crippen LogP contribution in [-0.2, 0) is 16.1 Å². The highest BCUT2D eigenvalue weighted by Gasteiger charge is 2.66. The fourth-order valence-electron chi connectivity index (χ4n) is 9.70. The molecular formula is C29H37ClF3N3O3. The van der Waals surface area contributed by atoms with Crippen LogP contribution in [0.1, 0.15) is 64.7 Å². The molecule has 0 saturated heterocycles. The Bertz CT molecular complexity index is 1270. The summed E-state index contributed by atoms with van der Waals surface area (Å²) in [6.45, 7) is 2.85. The summed E-state index contributed by atoms with van der Waals surface area (Å²) in [5, 5.41) is 19.5. The molecule has 2 aromatic rings. The number of hydrogen-bond donors (Lipinski definition) is 1. The van der Waals surface area contributed by atoms with E-state index in [-0.39, 0.29) is 53.8 Å². The second-order valence-corrected chi connectivity index (χ2v) is 13.5. The predicted molar refractivity (Wildman–Crippen MR) is 140 cm³/mol. The van der Waals surface area contributed by atoms with E-state index in [0.717, 1.165) is 37.6 Å². The van der Waals surface area contributed by atoms with Crippen molar-refractivity contribution in [1.29, 1.82) is 0 Å². The van der Waals surface area contributed by atoms with E-state index in [1.165, 1.54) is 0 Å². The molecule has 4 fully saturated rings. The standard InChI is InChI=1S/C29H37ClF3N3O3/c1-26-10-9-21-19(5-3-17-14-28(38,29(31,32)33)12-11-27(17,21)16-39-2)20(26)6-7-22(26)25(37)15-36-24-13-18(30)4-8-23(24)34-35-36/h4,8,13,17,19-22,38H,3,5-7,9-12,14-16H2,1-2H3. The molecule has 4 aliphatic carbocycles. The van der Waals surface area contributed by atoms with Gasteiger partial charge in [0.2, 0.25) is 0 Å². The molecule has 6 rings (SSSR count). The molecule has 6 nitrogen and oxygen atoms in total. The van der Waals surface area contributed by atoms with Crippen molar-refractivity contribution in [3.05, 3.63) is 23.2 Å². The summed E-state index contributed by atoms with van der Waals surface area (Å²) >= 11 is 6.18. The first-order valence-corrected chi connectivity index (χ1v) is 14.6. The van der Waals surface area contributed by atoms with Crippen LogP contribution in [-0.4, -0.2) is 51.4 Å². The predicted octanol–water partition coefficient (Wildman–Crippen LogP) is 6.23. The number of carbonyl (C=O) groups is 1. The van der Waals surface area contributed by atoms with Crippen molar-refractivity contribution in [2.24, 2.45) is 40.4 Å². The molecule has 0 aliphatic heterocycles. The van der Waals surface area contributed by atoms with Crippen molar-refractivity contribution >= 4 is 28.4 Å². The zero-order chi connectivity index (χ0) is 27.8. The molecule has 39 heavy (non-hydrogen) atoms. The van der Waals surface area contributed by atoms with E-state index < -0.39 is 11.8 Å². The summed E-state index contributed by atoms with van der Waals surface area (Å²) in [7, 11) is 1.64. The van der Waals surface area contributed by atoms with E-state index in [9.17, 15) is 23.1 Å². The highest BCUT2D eigenvalue weighted by atomic mass is 35.5. The fraction of sp³-hybridized carbons (Fsp3) is 0.759. The summed E-state index contributed by atoms with van der Waals surface area (Å²) in [5.74, 6) is 0.830. The van der Waals surface area contributed by atoms with Crippen LogP contribution in [0.25, 0.3) is 11.0 Å². The van der Waals surface area contributed by atoms with Crippen molar-refractivity contribution in [2.75, 3.05) is 13.7 Å². The van der Waals surface area contributed by atoms with Gasteiger partial charge < -0.3 is 9.84 Å². The number of methoxy groups -OCH3 is 1. The maximum atomic E-state index is 13.8. The lowest BCUT2D eigenvalue weighted by atomic mass is 9.43. The summed E-state index contributed by atoms with van der Waals surface area (Å²) in [6, 6.07) is 5.34. The van der Waals surface area contributed by atoms with Crippen molar-refractivity contribution in [2.45, 2.75) is 83.0 Å². The van der Waals surface area contributed by atoms with Gasteiger partial charge in [-0.15, -0.1) is 5.10 Å². The number of alkyl halides is 3. The Labute approximate surface area is 231 Å². The number of hydrogen-bond acceptors (Lipinski definition) is 5. The summed E-state index contributed by atoms with van der Waals surface area (Å²) < 4.78 is 48.7. The van der Waals surface area contributed by atoms with Gasteiger partial charge in [-0.3, -0.25) is 4.79 Å². The van der Waals surface area contributed by atoms with Crippen LogP contribution in [0.2, 0.25) is 5.02 Å². The Morgan fingerprint density at radius 2 is 1.95 bits per heavy atom. The van der Waals surface area contributed by atoms with Crippen molar-refractivity contribution < 1.29 is 27.8 Å².